The van der Waals surface area contributed by atoms with Gasteiger partial charge in [0.1, 0.15) is 0 Å². The van der Waals surface area contributed by atoms with Crippen LogP contribution in [0.1, 0.15) is 31.2 Å². The second kappa shape index (κ2) is 6.75. The van der Waals surface area contributed by atoms with Gasteiger partial charge in [0.2, 0.25) is 0 Å². The van der Waals surface area contributed by atoms with Crippen molar-refractivity contribution in [2.24, 2.45) is 0 Å². The molecule has 0 aliphatic carbocycles. The van der Waals surface area contributed by atoms with E-state index in [1.54, 1.807) is 0 Å². The maximum atomic E-state index is 11.7. The number of benzene rings is 1. The first-order valence-corrected chi connectivity index (χ1v) is 7.60. The molecule has 120 valence electrons. The maximum Gasteiger partial charge on any atom is 0.337 e. The van der Waals surface area contributed by atoms with E-state index in [9.17, 15) is 4.79 Å². The lowest BCUT2D eigenvalue weighted by Gasteiger charge is -2.38. The van der Waals surface area contributed by atoms with Crippen molar-refractivity contribution in [3.63, 3.8) is 0 Å². The predicted molar refractivity (Wildman–Crippen MR) is 77.4 cm³/mol. The van der Waals surface area contributed by atoms with Crippen LogP contribution in [0.5, 0.6) is 0 Å². The quantitative estimate of drug-likeness (QED) is 0.793. The number of hydroxylamine groups is 2. The summed E-state index contributed by atoms with van der Waals surface area (Å²) >= 11 is 0. The van der Waals surface area contributed by atoms with Gasteiger partial charge in [-0.3, -0.25) is 4.84 Å². The monoisotopic (exact) mass is 307 g/mol. The van der Waals surface area contributed by atoms with E-state index >= 15 is 0 Å². The molecule has 0 aromatic heterocycles. The summed E-state index contributed by atoms with van der Waals surface area (Å²) in [5.74, 6) is -0.195. The van der Waals surface area contributed by atoms with Crippen molar-refractivity contribution in [1.82, 2.24) is 5.23 Å². The molecule has 22 heavy (non-hydrogen) atoms. The van der Waals surface area contributed by atoms with E-state index in [1.165, 1.54) is 17.9 Å². The molecule has 6 nitrogen and oxygen atoms in total. The molecule has 1 aromatic rings. The van der Waals surface area contributed by atoms with E-state index in [2.05, 4.69) is 12.1 Å². The maximum absolute atomic E-state index is 11.7. The van der Waals surface area contributed by atoms with E-state index < -0.39 is 6.10 Å². The molecule has 2 aliphatic rings. The van der Waals surface area contributed by atoms with E-state index in [0.29, 0.717) is 13.0 Å². The molecule has 0 radical (unpaired) electrons. The Balaban J connectivity index is 1.82. The molecule has 0 spiro atoms. The molecule has 1 aromatic carbocycles. The van der Waals surface area contributed by atoms with Gasteiger partial charge in [0, 0.05) is 25.4 Å². The van der Waals surface area contributed by atoms with E-state index in [0.717, 1.165) is 6.42 Å². The molecule has 6 heteroatoms. The number of carbonyl (C=O) groups excluding carboxylic acids is 1. The standard InChI is InChI=1S/C16H21NO5/c1-3-20-15-9-12(11-7-5-4-6-8-11)13-10-14(16(18)19-2)21-17(13)22-15/h4-8,12-15H,3,9-10H2,1-2H3/t12-,13-,14+,15+/m1/s1. The Hall–Kier alpha value is -1.47. The topological polar surface area (TPSA) is 57.2 Å². The third-order valence-corrected chi connectivity index (χ3v) is 4.13. The Morgan fingerprint density at radius 1 is 1.27 bits per heavy atom. The summed E-state index contributed by atoms with van der Waals surface area (Å²) < 4.78 is 10.4. The number of fused-ring (bicyclic) bond motifs is 1. The summed E-state index contributed by atoms with van der Waals surface area (Å²) in [6, 6.07) is 10.2. The van der Waals surface area contributed by atoms with Crippen LogP contribution in [0.4, 0.5) is 0 Å². The molecule has 0 bridgehead atoms. The number of methoxy groups -OCH3 is 1. The smallest absolute Gasteiger partial charge is 0.337 e. The zero-order valence-corrected chi connectivity index (χ0v) is 12.8. The van der Waals surface area contributed by atoms with Crippen LogP contribution in [0.25, 0.3) is 0 Å². The highest BCUT2D eigenvalue weighted by Crippen LogP contribution is 2.41. The first-order valence-electron chi connectivity index (χ1n) is 7.60. The normalized spacial score (nSPS) is 31.7. The van der Waals surface area contributed by atoms with Crippen molar-refractivity contribution in [2.75, 3.05) is 13.7 Å². The van der Waals surface area contributed by atoms with Gasteiger partial charge in [-0.1, -0.05) is 35.6 Å². The van der Waals surface area contributed by atoms with Gasteiger partial charge in [0.15, 0.2) is 12.4 Å². The number of carbonyl (C=O) groups is 1. The number of nitrogens with zero attached hydrogens (tertiary/aromatic N) is 1. The average molecular weight is 307 g/mol. The van der Waals surface area contributed by atoms with Gasteiger partial charge in [-0.2, -0.15) is 0 Å². The van der Waals surface area contributed by atoms with Gasteiger partial charge < -0.3 is 9.47 Å². The Morgan fingerprint density at radius 3 is 2.73 bits per heavy atom. The van der Waals surface area contributed by atoms with E-state index in [1.807, 2.05) is 25.1 Å². The molecule has 2 aliphatic heterocycles. The zero-order chi connectivity index (χ0) is 15.5. The molecular formula is C16H21NO5. The van der Waals surface area contributed by atoms with Crippen molar-refractivity contribution < 1.29 is 23.9 Å². The third-order valence-electron chi connectivity index (χ3n) is 4.13. The van der Waals surface area contributed by atoms with E-state index in [4.69, 9.17) is 19.1 Å². The minimum atomic E-state index is -0.624. The second-order valence-electron chi connectivity index (χ2n) is 5.45. The van der Waals surface area contributed by atoms with Crippen LogP contribution < -0.4 is 0 Å². The van der Waals surface area contributed by atoms with Gasteiger partial charge in [0.05, 0.1) is 13.2 Å². The average Bonchev–Trinajstić information content (AvgIpc) is 2.98. The molecule has 0 saturated carbocycles. The second-order valence-corrected chi connectivity index (χ2v) is 5.45. The predicted octanol–water partition coefficient (Wildman–Crippen LogP) is 2.02. The summed E-state index contributed by atoms with van der Waals surface area (Å²) in [6.07, 6.45) is 0.283. The van der Waals surface area contributed by atoms with Crippen molar-refractivity contribution >= 4 is 5.97 Å². The summed E-state index contributed by atoms with van der Waals surface area (Å²) in [4.78, 5) is 23.1. The van der Waals surface area contributed by atoms with Crippen LogP contribution in [-0.4, -0.2) is 43.3 Å². The van der Waals surface area contributed by atoms with Crippen LogP contribution in [0, 0.1) is 0 Å². The SMILES string of the molecule is CCO[C@@H]1C[C@H](c2ccccc2)[C@H]2C[C@@H](C(=O)OC)ON2O1. The van der Waals surface area contributed by atoms with E-state index in [-0.39, 0.29) is 24.2 Å². The largest absolute Gasteiger partial charge is 0.467 e. The number of hydrogen-bond acceptors (Lipinski definition) is 6. The summed E-state index contributed by atoms with van der Waals surface area (Å²) in [5.41, 5.74) is 1.19. The Morgan fingerprint density at radius 2 is 2.05 bits per heavy atom. The van der Waals surface area contributed by atoms with Crippen molar-refractivity contribution in [3.8, 4) is 0 Å². The fourth-order valence-electron chi connectivity index (χ4n) is 3.10. The molecule has 2 fully saturated rings. The van der Waals surface area contributed by atoms with Crippen molar-refractivity contribution in [1.29, 1.82) is 0 Å². The minimum absolute atomic E-state index is 0.0248. The lowest BCUT2D eigenvalue weighted by molar-refractivity contribution is -0.435. The Labute approximate surface area is 129 Å². The molecule has 2 saturated heterocycles. The van der Waals surface area contributed by atoms with Crippen LogP contribution in [0.15, 0.2) is 30.3 Å². The van der Waals surface area contributed by atoms with Gasteiger partial charge in [-0.05, 0) is 12.5 Å². The molecule has 0 N–H and O–H groups in total. The highest BCUT2D eigenvalue weighted by atomic mass is 17.0. The molecular weight excluding hydrogens is 286 g/mol. The molecule has 0 unspecified atom stereocenters. The molecule has 3 rings (SSSR count). The first-order chi connectivity index (χ1) is 10.7. The number of hydrogen-bond donors (Lipinski definition) is 0. The van der Waals surface area contributed by atoms with Crippen molar-refractivity contribution in [3.05, 3.63) is 35.9 Å². The fraction of sp³-hybridized carbons (Fsp3) is 0.562. The van der Waals surface area contributed by atoms with Crippen LogP contribution in [0.3, 0.4) is 0 Å². The van der Waals surface area contributed by atoms with Gasteiger partial charge >= 0.3 is 5.97 Å². The number of ether oxygens (including phenoxy) is 2. The number of esters is 1. The lowest BCUT2D eigenvalue weighted by Crippen LogP contribution is -2.44. The summed E-state index contributed by atoms with van der Waals surface area (Å²) in [5, 5.41) is 1.43. The lowest BCUT2D eigenvalue weighted by atomic mass is 9.85. The van der Waals surface area contributed by atoms with Crippen LogP contribution in [-0.2, 0) is 23.9 Å². The van der Waals surface area contributed by atoms with Gasteiger partial charge in [-0.15, -0.1) is 0 Å². The van der Waals surface area contributed by atoms with Crippen molar-refractivity contribution in [2.45, 2.75) is 44.1 Å². The van der Waals surface area contributed by atoms with Crippen LogP contribution in [0.2, 0.25) is 0 Å². The summed E-state index contributed by atoms with van der Waals surface area (Å²) in [6.45, 7) is 2.49. The molecule has 2 heterocycles. The number of rotatable bonds is 4. The molecule has 4 atom stereocenters. The fourth-order valence-corrected chi connectivity index (χ4v) is 3.10. The highest BCUT2D eigenvalue weighted by Gasteiger charge is 2.48. The minimum Gasteiger partial charge on any atom is -0.467 e. The van der Waals surface area contributed by atoms with Crippen LogP contribution >= 0.6 is 0 Å². The summed E-state index contributed by atoms with van der Waals surface area (Å²) in [7, 11) is 1.36. The third kappa shape index (κ3) is 3.01. The van der Waals surface area contributed by atoms with Gasteiger partial charge in [0.25, 0.3) is 0 Å². The zero-order valence-electron chi connectivity index (χ0n) is 12.8. The van der Waals surface area contributed by atoms with Gasteiger partial charge in [-0.25, -0.2) is 9.63 Å². The Bertz CT molecular complexity index is 509. The highest BCUT2D eigenvalue weighted by molar-refractivity contribution is 5.74. The Kier molecular flexibility index (Phi) is 4.73. The first kappa shape index (κ1) is 15.4. The molecule has 0 amide bonds.